The van der Waals surface area contributed by atoms with Gasteiger partial charge in [0.05, 0.1) is 37.5 Å². The predicted molar refractivity (Wildman–Crippen MR) is 245 cm³/mol. The summed E-state index contributed by atoms with van der Waals surface area (Å²) in [5.74, 6) is 0.0838. The van der Waals surface area contributed by atoms with Gasteiger partial charge in [0.15, 0.2) is 0 Å². The van der Waals surface area contributed by atoms with Gasteiger partial charge in [0.2, 0.25) is 0 Å². The molecule has 0 saturated heterocycles. The van der Waals surface area contributed by atoms with Gasteiger partial charge in [-0.25, -0.2) is 0 Å². The second-order valence-corrected chi connectivity index (χ2v) is 12.3. The Bertz CT molecular complexity index is 2380. The van der Waals surface area contributed by atoms with E-state index >= 15 is 0 Å². The van der Waals surface area contributed by atoms with Crippen molar-refractivity contribution in [2.24, 2.45) is 9.98 Å². The number of para-hydroxylation sites is 2. The average molecular weight is 1240 g/mol. The van der Waals surface area contributed by atoms with Gasteiger partial charge in [-0.3, -0.25) is 15.0 Å². The quantitative estimate of drug-likeness (QED) is 0.0782. The minimum Gasteiger partial charge on any atom is -0.872 e. The Kier molecular flexibility index (Phi) is 35.8. The number of pyridine rings is 1. The Hall–Kier alpha value is -6.03. The van der Waals surface area contributed by atoms with Gasteiger partial charge < -0.3 is 70.8 Å². The van der Waals surface area contributed by atoms with Crippen LogP contribution in [0.1, 0.15) is 36.1 Å². The SMILES string of the molecule is CCO.CCO.COc1cccc(CN=Cc2c([O-])ccc3ccccc23)c1[O-].COc1cccc(CN=Cc2c([O-])ccc3ccccc23)c1[O-].O=[N+]([O-])[O-].O=[N+]([O-])[O-].[Ho+3].[Ho+3].c1ccncc1. The standard InChI is InChI=1S/2C19H17NO3.C5H5N.2C2H6O.2Ho.2NO3/c2*1-23-18-8-4-6-14(19(18)22)11-20-12-16-15-7-3-2-5-13(15)9-10-17(16)21;1-2-4-6-5-3-1;2*1-2-3;;;2*2-1(3)4/h2*2-10,12,21-22H,11H2,1H3;1-5H;2*3H,2H2,1H3;;;;/q;;;;;2*+3;2*-1/p-4. The van der Waals surface area contributed by atoms with Gasteiger partial charge >= 0.3 is 75.5 Å². The number of aliphatic hydroxyl groups is 2. The second kappa shape index (κ2) is 38.0. The molecule has 0 atom stereocenters. The number of hydrogen-bond donors (Lipinski definition) is 2. The Labute approximate surface area is 452 Å². The van der Waals surface area contributed by atoms with Gasteiger partial charge in [0.25, 0.3) is 0 Å². The van der Waals surface area contributed by atoms with Crippen LogP contribution in [0.15, 0.2) is 150 Å². The number of nitrogens with zero attached hydrogens (tertiary/aromatic N) is 5. The van der Waals surface area contributed by atoms with Crippen LogP contribution in [0.4, 0.5) is 0 Å². The van der Waals surface area contributed by atoms with Crippen LogP contribution in [0.25, 0.3) is 21.5 Å². The van der Waals surface area contributed by atoms with Gasteiger partial charge in [-0.2, -0.15) is 0 Å². The molecule has 6 aromatic carbocycles. The molecule has 0 unspecified atom stereocenters. The molecule has 0 radical (unpaired) electrons. The molecule has 0 aliphatic carbocycles. The number of hydrogen-bond acceptors (Lipinski definition) is 17. The van der Waals surface area contributed by atoms with Crippen molar-refractivity contribution in [3.8, 4) is 34.5 Å². The minimum atomic E-state index is -1.75. The number of ether oxygens (including phenoxy) is 2. The molecule has 0 amide bonds. The number of aliphatic hydroxyl groups excluding tert-OH is 2. The van der Waals surface area contributed by atoms with E-state index in [1.807, 2.05) is 66.7 Å². The van der Waals surface area contributed by atoms with Crippen LogP contribution in [-0.4, -0.2) is 65.2 Å². The zero-order chi connectivity index (χ0) is 49.3. The van der Waals surface area contributed by atoms with Gasteiger partial charge in [-0.15, -0.1) is 0 Å². The zero-order valence-electron chi connectivity index (χ0n) is 36.9. The summed E-state index contributed by atoms with van der Waals surface area (Å²) in [6.45, 7) is 4.28. The number of fused-ring (bicyclic) bond motifs is 2. The molecule has 366 valence electrons. The summed E-state index contributed by atoms with van der Waals surface area (Å²) in [5, 5.41) is 96.6. The van der Waals surface area contributed by atoms with E-state index < -0.39 is 10.2 Å². The van der Waals surface area contributed by atoms with Crippen molar-refractivity contribution in [1.82, 2.24) is 4.98 Å². The molecule has 7 aromatic rings. The van der Waals surface area contributed by atoms with Crippen molar-refractivity contribution in [3.63, 3.8) is 0 Å². The van der Waals surface area contributed by atoms with Crippen molar-refractivity contribution in [2.75, 3.05) is 27.4 Å². The minimum absolute atomic E-state index is 0. The molecule has 2 N–H and O–H groups in total. The van der Waals surface area contributed by atoms with Crippen LogP contribution in [-0.2, 0) is 13.1 Å². The maximum absolute atomic E-state index is 12.1. The largest absolute Gasteiger partial charge is 3.00 e. The smallest absolute Gasteiger partial charge is 0.872 e. The van der Waals surface area contributed by atoms with Crippen molar-refractivity contribution in [1.29, 1.82) is 0 Å². The number of rotatable bonds is 8. The summed E-state index contributed by atoms with van der Waals surface area (Å²) in [6.07, 6.45) is 6.59. The first-order valence-electron chi connectivity index (χ1n) is 19.4. The van der Waals surface area contributed by atoms with Crippen LogP contribution in [0, 0.1) is 106 Å². The molecule has 1 aromatic heterocycles. The molecule has 0 aliphatic heterocycles. The van der Waals surface area contributed by atoms with Gasteiger partial charge in [0, 0.05) is 38.0 Å². The molecule has 0 saturated carbocycles. The van der Waals surface area contributed by atoms with Crippen LogP contribution >= 0.6 is 0 Å². The fourth-order valence-electron chi connectivity index (χ4n) is 5.29. The number of aromatic nitrogens is 1. The van der Waals surface area contributed by atoms with E-state index in [-0.39, 0.29) is 125 Å². The van der Waals surface area contributed by atoms with E-state index in [4.69, 9.17) is 50.3 Å². The van der Waals surface area contributed by atoms with Gasteiger partial charge in [0.1, 0.15) is 11.5 Å². The van der Waals surface area contributed by atoms with E-state index in [0.29, 0.717) is 33.8 Å². The summed E-state index contributed by atoms with van der Waals surface area (Å²) in [5.41, 5.74) is 2.15. The van der Waals surface area contributed by atoms with E-state index in [1.54, 1.807) is 87.2 Å². The first-order chi connectivity index (χ1) is 31.7. The fourth-order valence-corrected chi connectivity index (χ4v) is 5.29. The van der Waals surface area contributed by atoms with Crippen LogP contribution in [0.5, 0.6) is 34.5 Å². The number of aliphatic imine (C=N–C) groups is 2. The summed E-state index contributed by atoms with van der Waals surface area (Å²) < 4.78 is 10.0. The first-order valence-corrected chi connectivity index (χ1v) is 19.4. The molecule has 21 heteroatoms. The van der Waals surface area contributed by atoms with E-state index in [9.17, 15) is 20.4 Å². The predicted octanol–water partition coefficient (Wildman–Crippen LogP) is 5.83. The number of methoxy groups -OCH3 is 2. The second-order valence-electron chi connectivity index (χ2n) is 12.3. The third-order valence-corrected chi connectivity index (χ3v) is 7.95. The van der Waals surface area contributed by atoms with E-state index in [2.05, 4.69) is 15.0 Å². The zero-order valence-corrected chi connectivity index (χ0v) is 40.8. The van der Waals surface area contributed by atoms with Crippen LogP contribution in [0.2, 0.25) is 0 Å². The summed E-state index contributed by atoms with van der Waals surface area (Å²) in [4.78, 5) is 28.8. The topological polar surface area (TPSA) is 321 Å². The third-order valence-electron chi connectivity index (χ3n) is 7.95. The maximum atomic E-state index is 12.1. The Morgan fingerprint density at radius 3 is 1.16 bits per heavy atom. The maximum Gasteiger partial charge on any atom is 3.00 e. The summed E-state index contributed by atoms with van der Waals surface area (Å²) in [6, 6.07) is 37.9. The van der Waals surface area contributed by atoms with Crippen molar-refractivity contribution in [3.05, 3.63) is 193 Å². The van der Waals surface area contributed by atoms with E-state index in [1.165, 1.54) is 26.4 Å². The summed E-state index contributed by atoms with van der Waals surface area (Å²) in [7, 11) is 2.92. The fraction of sp³-hybridized carbons (Fsp3) is 0.170. The first kappa shape index (κ1) is 64.1. The Morgan fingerprint density at radius 1 is 0.529 bits per heavy atom. The molecule has 19 nitrogen and oxygen atoms in total. The normalized spacial score (nSPS) is 9.50. The average Bonchev–Trinajstić information content (AvgIpc) is 3.30. The van der Waals surface area contributed by atoms with Gasteiger partial charge in [-0.05, 0) is 81.9 Å². The van der Waals surface area contributed by atoms with Crippen molar-refractivity contribution in [2.45, 2.75) is 26.9 Å². The molecule has 7 rings (SSSR count). The van der Waals surface area contributed by atoms with Crippen LogP contribution < -0.4 is 29.9 Å². The van der Waals surface area contributed by atoms with Crippen LogP contribution in [0.3, 0.4) is 0 Å². The third kappa shape index (κ3) is 24.7. The molecular formula is C47H47Ho2N5O14. The molecule has 0 bridgehead atoms. The Balaban J connectivity index is 0. The molecule has 68 heavy (non-hydrogen) atoms. The Morgan fingerprint density at radius 2 is 0.868 bits per heavy atom. The monoisotopic (exact) mass is 1240 g/mol. The van der Waals surface area contributed by atoms with Crippen molar-refractivity contribution < 1.29 is 126 Å². The molecule has 0 fully saturated rings. The molecule has 1 heterocycles. The molecule has 0 aliphatic rings. The molecule has 0 spiro atoms. The van der Waals surface area contributed by atoms with E-state index in [0.717, 1.165) is 21.5 Å². The molecular weight excluding hydrogens is 1190 g/mol. The van der Waals surface area contributed by atoms with Crippen molar-refractivity contribution >= 4 is 34.0 Å². The number of benzene rings is 6. The van der Waals surface area contributed by atoms with Gasteiger partial charge in [-0.1, -0.05) is 126 Å². The summed E-state index contributed by atoms with van der Waals surface area (Å²) >= 11 is 0.